The Balaban J connectivity index is 1.67. The summed E-state index contributed by atoms with van der Waals surface area (Å²) in [6, 6.07) is 28.9. The molecule has 0 radical (unpaired) electrons. The lowest BCUT2D eigenvalue weighted by Gasteiger charge is -2.31. The van der Waals surface area contributed by atoms with Crippen molar-refractivity contribution in [1.82, 2.24) is 10.2 Å². The summed E-state index contributed by atoms with van der Waals surface area (Å²) in [4.78, 5) is 28.8. The zero-order chi connectivity index (χ0) is 23.8. The predicted octanol–water partition coefficient (Wildman–Crippen LogP) is 5.56. The first-order chi connectivity index (χ1) is 16.6. The minimum absolute atomic E-state index is 0.150. The number of rotatable bonds is 9. The van der Waals surface area contributed by atoms with Crippen LogP contribution >= 0.6 is 11.6 Å². The molecular formula is C28H25ClN2O3. The second-order valence-electron chi connectivity index (χ2n) is 7.92. The van der Waals surface area contributed by atoms with Crippen molar-refractivity contribution in [1.29, 1.82) is 0 Å². The number of amides is 2. The van der Waals surface area contributed by atoms with E-state index in [1.807, 2.05) is 72.8 Å². The van der Waals surface area contributed by atoms with Crippen molar-refractivity contribution in [3.05, 3.63) is 131 Å². The van der Waals surface area contributed by atoms with Crippen molar-refractivity contribution in [2.24, 2.45) is 0 Å². The number of carbonyl (C=O) groups is 2. The normalized spacial score (nSPS) is 11.6. The molecule has 0 saturated heterocycles. The summed E-state index contributed by atoms with van der Waals surface area (Å²) >= 11 is 6.06. The quantitative estimate of drug-likeness (QED) is 0.347. The van der Waals surface area contributed by atoms with Crippen LogP contribution in [0.15, 0.2) is 108 Å². The van der Waals surface area contributed by atoms with Crippen LogP contribution in [0.25, 0.3) is 0 Å². The van der Waals surface area contributed by atoms with Gasteiger partial charge in [0.2, 0.25) is 11.8 Å². The van der Waals surface area contributed by atoms with Gasteiger partial charge in [-0.25, -0.2) is 0 Å². The maximum atomic E-state index is 13.6. The van der Waals surface area contributed by atoms with Crippen molar-refractivity contribution in [3.63, 3.8) is 0 Å². The number of halogens is 1. The van der Waals surface area contributed by atoms with Crippen LogP contribution in [-0.2, 0) is 29.1 Å². The van der Waals surface area contributed by atoms with Crippen molar-refractivity contribution >= 4 is 23.4 Å². The van der Waals surface area contributed by atoms with Crippen LogP contribution in [0.4, 0.5) is 0 Å². The number of benzene rings is 3. The lowest BCUT2D eigenvalue weighted by Crippen LogP contribution is -2.43. The van der Waals surface area contributed by atoms with Gasteiger partial charge in [0.25, 0.3) is 0 Å². The Morgan fingerprint density at radius 3 is 2.15 bits per heavy atom. The van der Waals surface area contributed by atoms with E-state index in [4.69, 9.17) is 16.0 Å². The third-order valence-corrected chi connectivity index (χ3v) is 5.73. The maximum Gasteiger partial charge on any atom is 0.247 e. The van der Waals surface area contributed by atoms with Gasteiger partial charge in [-0.05, 0) is 41.0 Å². The lowest BCUT2D eigenvalue weighted by atomic mass is 10.0. The van der Waals surface area contributed by atoms with Gasteiger partial charge in [0.15, 0.2) is 0 Å². The van der Waals surface area contributed by atoms with Gasteiger partial charge in [-0.15, -0.1) is 0 Å². The van der Waals surface area contributed by atoms with Crippen LogP contribution in [0.5, 0.6) is 0 Å². The number of nitrogens with zero attached hydrogens (tertiary/aromatic N) is 1. The molecule has 0 aliphatic heterocycles. The van der Waals surface area contributed by atoms with Gasteiger partial charge in [0.05, 0.1) is 19.2 Å². The smallest absolute Gasteiger partial charge is 0.247 e. The fourth-order valence-electron chi connectivity index (χ4n) is 3.77. The molecule has 0 fully saturated rings. The third kappa shape index (κ3) is 6.15. The molecule has 6 heteroatoms. The monoisotopic (exact) mass is 472 g/mol. The van der Waals surface area contributed by atoms with Gasteiger partial charge >= 0.3 is 0 Å². The molecule has 0 aliphatic carbocycles. The van der Waals surface area contributed by atoms with E-state index in [1.54, 1.807) is 35.4 Å². The molecule has 0 unspecified atom stereocenters. The number of carbonyl (C=O) groups excluding carboxylic acids is 2. The number of furan rings is 1. The molecule has 172 valence electrons. The number of hydrogen-bond acceptors (Lipinski definition) is 3. The van der Waals surface area contributed by atoms with E-state index in [0.717, 1.165) is 16.7 Å². The molecule has 1 N–H and O–H groups in total. The highest BCUT2D eigenvalue weighted by Crippen LogP contribution is 2.25. The van der Waals surface area contributed by atoms with E-state index >= 15 is 0 Å². The van der Waals surface area contributed by atoms with E-state index in [2.05, 4.69) is 5.32 Å². The average Bonchev–Trinajstić information content (AvgIpc) is 3.39. The first-order valence-electron chi connectivity index (χ1n) is 11.0. The molecular weight excluding hydrogens is 448 g/mol. The van der Waals surface area contributed by atoms with Gasteiger partial charge in [0, 0.05) is 11.6 Å². The van der Waals surface area contributed by atoms with Crippen molar-refractivity contribution in [2.75, 3.05) is 0 Å². The van der Waals surface area contributed by atoms with Crippen LogP contribution in [-0.4, -0.2) is 16.7 Å². The van der Waals surface area contributed by atoms with Gasteiger partial charge in [-0.2, -0.15) is 0 Å². The Bertz CT molecular complexity index is 1190. The summed E-state index contributed by atoms with van der Waals surface area (Å²) in [7, 11) is 0. The molecule has 34 heavy (non-hydrogen) atoms. The van der Waals surface area contributed by atoms with E-state index < -0.39 is 6.04 Å². The average molecular weight is 473 g/mol. The van der Waals surface area contributed by atoms with E-state index in [-0.39, 0.29) is 31.3 Å². The first-order valence-corrected chi connectivity index (χ1v) is 11.4. The molecule has 0 saturated carbocycles. The molecule has 4 aromatic rings. The van der Waals surface area contributed by atoms with Crippen LogP contribution in [0.2, 0.25) is 5.02 Å². The Morgan fingerprint density at radius 2 is 1.50 bits per heavy atom. The minimum atomic E-state index is -0.817. The van der Waals surface area contributed by atoms with Crippen LogP contribution in [0.3, 0.4) is 0 Å². The molecule has 2 amide bonds. The van der Waals surface area contributed by atoms with Crippen molar-refractivity contribution < 1.29 is 14.0 Å². The van der Waals surface area contributed by atoms with E-state index in [9.17, 15) is 9.59 Å². The first kappa shape index (κ1) is 23.3. The number of hydrogen-bond donors (Lipinski definition) is 1. The molecule has 1 aromatic heterocycles. The molecule has 5 nitrogen and oxygen atoms in total. The molecule has 3 aromatic carbocycles. The highest BCUT2D eigenvalue weighted by molar-refractivity contribution is 6.30. The summed E-state index contributed by atoms with van der Waals surface area (Å²) in [6.45, 7) is 0.493. The summed E-state index contributed by atoms with van der Waals surface area (Å²) in [5, 5.41) is 3.54. The Morgan fingerprint density at radius 1 is 0.824 bits per heavy atom. The molecule has 1 heterocycles. The molecule has 1 atom stereocenters. The van der Waals surface area contributed by atoms with Gasteiger partial charge in [-0.3, -0.25) is 9.59 Å². The zero-order valence-corrected chi connectivity index (χ0v) is 19.3. The van der Waals surface area contributed by atoms with Crippen molar-refractivity contribution in [2.45, 2.75) is 25.6 Å². The van der Waals surface area contributed by atoms with E-state index in [0.29, 0.717) is 10.8 Å². The second kappa shape index (κ2) is 11.3. The van der Waals surface area contributed by atoms with E-state index in [1.165, 1.54) is 0 Å². The largest absolute Gasteiger partial charge is 0.467 e. The van der Waals surface area contributed by atoms with Crippen LogP contribution in [0.1, 0.15) is 28.5 Å². The number of nitrogens with one attached hydrogen (secondary N) is 1. The zero-order valence-electron chi connectivity index (χ0n) is 18.6. The SMILES string of the molecule is O=C(NCc1ccco1)[C@H](c1ccccc1)N(Cc1ccc(Cl)cc1)C(=O)Cc1ccccc1. The molecule has 0 bridgehead atoms. The summed E-state index contributed by atoms with van der Waals surface area (Å²) in [6.07, 6.45) is 1.75. The molecule has 0 spiro atoms. The topological polar surface area (TPSA) is 62.6 Å². The highest BCUT2D eigenvalue weighted by atomic mass is 35.5. The fraction of sp³-hybridized carbons (Fsp3) is 0.143. The van der Waals surface area contributed by atoms with Gasteiger partial charge in [0.1, 0.15) is 11.8 Å². The standard InChI is InChI=1S/C28H25ClN2O3/c29-24-15-13-22(14-16-24)20-31(26(32)18-21-8-3-1-4-9-21)27(23-10-5-2-6-11-23)28(33)30-19-25-12-7-17-34-25/h1-17,27H,18-20H2,(H,30,33)/t27-/m0/s1. The molecule has 4 rings (SSSR count). The fourth-order valence-corrected chi connectivity index (χ4v) is 3.90. The Hall–Kier alpha value is -3.83. The van der Waals surface area contributed by atoms with Crippen LogP contribution < -0.4 is 5.32 Å². The van der Waals surface area contributed by atoms with Gasteiger partial charge in [-0.1, -0.05) is 84.4 Å². The Kier molecular flexibility index (Phi) is 7.79. The third-order valence-electron chi connectivity index (χ3n) is 5.48. The minimum Gasteiger partial charge on any atom is -0.467 e. The van der Waals surface area contributed by atoms with Gasteiger partial charge < -0.3 is 14.6 Å². The summed E-state index contributed by atoms with van der Waals surface area (Å²) < 4.78 is 5.36. The Labute approximate surface area is 204 Å². The maximum absolute atomic E-state index is 13.6. The highest BCUT2D eigenvalue weighted by Gasteiger charge is 2.31. The molecule has 0 aliphatic rings. The summed E-state index contributed by atoms with van der Waals surface area (Å²) in [5.74, 6) is 0.209. The predicted molar refractivity (Wildman–Crippen MR) is 132 cm³/mol. The summed E-state index contributed by atoms with van der Waals surface area (Å²) in [5.41, 5.74) is 2.50. The second-order valence-corrected chi connectivity index (χ2v) is 8.36. The lowest BCUT2D eigenvalue weighted by molar-refractivity contribution is -0.141. The van der Waals surface area contributed by atoms with Crippen LogP contribution in [0, 0.1) is 0 Å². The van der Waals surface area contributed by atoms with Crippen molar-refractivity contribution in [3.8, 4) is 0 Å².